The van der Waals surface area contributed by atoms with Crippen molar-refractivity contribution in [2.45, 2.75) is 6.54 Å². The number of ether oxygens (including phenoxy) is 1. The van der Waals surface area contributed by atoms with Crippen molar-refractivity contribution in [3.8, 4) is 11.3 Å². The van der Waals surface area contributed by atoms with Crippen LogP contribution in [-0.2, 0) is 11.3 Å². The molecule has 0 saturated carbocycles. The van der Waals surface area contributed by atoms with Crippen molar-refractivity contribution < 1.29 is 23.4 Å². The molecule has 0 atom stereocenters. The molecule has 2 aromatic carbocycles. The molecule has 0 bridgehead atoms. The van der Waals surface area contributed by atoms with Crippen molar-refractivity contribution in [1.29, 1.82) is 0 Å². The largest absolute Gasteiger partial charge is 0.465 e. The van der Waals surface area contributed by atoms with Crippen LogP contribution in [0.2, 0.25) is 0 Å². The quantitative estimate of drug-likeness (QED) is 0.571. The number of amides is 1. The Labute approximate surface area is 194 Å². The topological polar surface area (TPSA) is 87.9 Å². The van der Waals surface area contributed by atoms with Crippen LogP contribution in [0, 0.1) is 11.6 Å². The van der Waals surface area contributed by atoms with Crippen LogP contribution in [0.4, 0.5) is 19.3 Å². The summed E-state index contributed by atoms with van der Waals surface area (Å²) in [7, 11) is 0. The number of hydrogen-bond donors (Lipinski definition) is 1. The van der Waals surface area contributed by atoms with Gasteiger partial charge < -0.3 is 9.84 Å². The smallest absolute Gasteiger partial charge is 0.411 e. The lowest BCUT2D eigenvalue weighted by molar-refractivity contribution is 0.0392. The summed E-state index contributed by atoms with van der Waals surface area (Å²) < 4.78 is 33.7. The third kappa shape index (κ3) is 5.83. The Morgan fingerprint density at radius 2 is 1.79 bits per heavy atom. The highest BCUT2D eigenvalue weighted by molar-refractivity contribution is 5.86. The number of morpholine rings is 1. The number of anilines is 1. The number of carboxylic acid groups (broad SMARTS) is 1. The molecule has 0 spiro atoms. The highest BCUT2D eigenvalue weighted by Crippen LogP contribution is 2.20. The number of nitrogens with zero attached hydrogens (tertiary/aromatic N) is 4. The van der Waals surface area contributed by atoms with Gasteiger partial charge >= 0.3 is 6.09 Å². The molecular formula is C24H24F2N4O4. The van der Waals surface area contributed by atoms with Crippen molar-refractivity contribution in [2.75, 3.05) is 44.3 Å². The predicted octanol–water partition coefficient (Wildman–Crippen LogP) is 3.05. The highest BCUT2D eigenvalue weighted by atomic mass is 19.1. The van der Waals surface area contributed by atoms with Gasteiger partial charge in [-0.2, -0.15) is 5.10 Å². The van der Waals surface area contributed by atoms with Gasteiger partial charge in [0.1, 0.15) is 11.6 Å². The lowest BCUT2D eigenvalue weighted by atomic mass is 10.1. The highest BCUT2D eigenvalue weighted by Gasteiger charge is 2.18. The predicted molar refractivity (Wildman–Crippen MR) is 122 cm³/mol. The number of hydrogen-bond acceptors (Lipinski definition) is 5. The Kier molecular flexibility index (Phi) is 7.29. The van der Waals surface area contributed by atoms with E-state index in [1.807, 2.05) is 0 Å². The number of rotatable bonds is 7. The summed E-state index contributed by atoms with van der Waals surface area (Å²) in [5.74, 6) is -1.49. The zero-order valence-corrected chi connectivity index (χ0v) is 18.4. The van der Waals surface area contributed by atoms with E-state index in [0.717, 1.165) is 31.3 Å². The zero-order valence-electron chi connectivity index (χ0n) is 18.4. The molecule has 0 radical (unpaired) electrons. The van der Waals surface area contributed by atoms with Crippen LogP contribution in [0.15, 0.2) is 59.4 Å². The average Bonchev–Trinajstić information content (AvgIpc) is 2.81. The maximum absolute atomic E-state index is 13.6. The van der Waals surface area contributed by atoms with Crippen LogP contribution in [0.3, 0.4) is 0 Å². The Bertz CT molecular complexity index is 1210. The maximum atomic E-state index is 13.6. The van der Waals surface area contributed by atoms with Crippen LogP contribution in [0.1, 0.15) is 5.56 Å². The minimum absolute atomic E-state index is 0.0647. The minimum Gasteiger partial charge on any atom is -0.465 e. The Balaban J connectivity index is 1.54. The molecular weight excluding hydrogens is 446 g/mol. The summed E-state index contributed by atoms with van der Waals surface area (Å²) in [6.07, 6.45) is -1.07. The third-order valence-corrected chi connectivity index (χ3v) is 5.55. The first kappa shape index (κ1) is 23.5. The van der Waals surface area contributed by atoms with E-state index in [1.165, 1.54) is 21.7 Å². The van der Waals surface area contributed by atoms with Gasteiger partial charge in [-0.25, -0.2) is 18.3 Å². The van der Waals surface area contributed by atoms with Crippen molar-refractivity contribution in [3.63, 3.8) is 0 Å². The Morgan fingerprint density at radius 1 is 1.06 bits per heavy atom. The minimum atomic E-state index is -1.07. The average molecular weight is 470 g/mol. The van der Waals surface area contributed by atoms with Gasteiger partial charge in [0.2, 0.25) is 0 Å². The van der Waals surface area contributed by atoms with Crippen LogP contribution in [-0.4, -0.2) is 65.3 Å². The monoisotopic (exact) mass is 470 g/mol. The van der Waals surface area contributed by atoms with Gasteiger partial charge in [0.15, 0.2) is 0 Å². The molecule has 178 valence electrons. The maximum Gasteiger partial charge on any atom is 0.411 e. The first-order valence-corrected chi connectivity index (χ1v) is 10.8. The molecule has 0 aliphatic carbocycles. The van der Waals surface area contributed by atoms with Gasteiger partial charge in [-0.3, -0.25) is 14.6 Å². The SMILES string of the molecule is O=C(O)N(CCN1CCOCC1)c1cccc(Cn2nc(-c3cc(F)cc(F)c3)ccc2=O)c1. The molecule has 1 amide bonds. The second-order valence-electron chi connectivity index (χ2n) is 7.93. The normalized spacial score (nSPS) is 14.2. The number of halogens is 2. The molecule has 10 heteroatoms. The molecule has 3 aromatic rings. The summed E-state index contributed by atoms with van der Waals surface area (Å²) >= 11 is 0. The molecule has 8 nitrogen and oxygen atoms in total. The zero-order chi connectivity index (χ0) is 24.1. The van der Waals surface area contributed by atoms with Crippen LogP contribution >= 0.6 is 0 Å². The van der Waals surface area contributed by atoms with E-state index in [9.17, 15) is 23.5 Å². The van der Waals surface area contributed by atoms with Gasteiger partial charge in [-0.15, -0.1) is 0 Å². The molecule has 1 aliphatic heterocycles. The molecule has 1 aromatic heterocycles. The Morgan fingerprint density at radius 3 is 2.50 bits per heavy atom. The van der Waals surface area contributed by atoms with E-state index < -0.39 is 23.3 Å². The molecule has 1 N–H and O–H groups in total. The van der Waals surface area contributed by atoms with E-state index in [2.05, 4.69) is 10.00 Å². The first-order chi connectivity index (χ1) is 16.4. The van der Waals surface area contributed by atoms with Crippen LogP contribution < -0.4 is 10.5 Å². The van der Waals surface area contributed by atoms with Crippen molar-refractivity contribution in [2.24, 2.45) is 0 Å². The molecule has 1 fully saturated rings. The van der Waals surface area contributed by atoms with Gasteiger partial charge in [0, 0.05) is 49.6 Å². The van der Waals surface area contributed by atoms with Gasteiger partial charge in [-0.1, -0.05) is 12.1 Å². The third-order valence-electron chi connectivity index (χ3n) is 5.55. The van der Waals surface area contributed by atoms with Crippen molar-refractivity contribution >= 4 is 11.8 Å². The fourth-order valence-electron chi connectivity index (χ4n) is 3.81. The van der Waals surface area contributed by atoms with E-state index in [1.54, 1.807) is 24.3 Å². The fourth-order valence-corrected chi connectivity index (χ4v) is 3.81. The molecule has 34 heavy (non-hydrogen) atoms. The molecule has 2 heterocycles. The summed E-state index contributed by atoms with van der Waals surface area (Å²) in [5.41, 5.74) is 1.20. The molecule has 4 rings (SSSR count). The summed E-state index contributed by atoms with van der Waals surface area (Å²) in [4.78, 5) is 27.7. The lowest BCUT2D eigenvalue weighted by Crippen LogP contribution is -2.42. The first-order valence-electron chi connectivity index (χ1n) is 10.8. The van der Waals surface area contributed by atoms with Crippen molar-refractivity contribution in [3.05, 3.63) is 82.1 Å². The van der Waals surface area contributed by atoms with E-state index in [0.29, 0.717) is 31.0 Å². The summed E-state index contributed by atoms with van der Waals surface area (Å²) in [6, 6.07) is 12.6. The number of aromatic nitrogens is 2. The number of benzene rings is 2. The van der Waals surface area contributed by atoms with Crippen LogP contribution in [0.25, 0.3) is 11.3 Å². The number of carbonyl (C=O) groups is 1. The van der Waals surface area contributed by atoms with E-state index >= 15 is 0 Å². The second-order valence-corrected chi connectivity index (χ2v) is 7.93. The second kappa shape index (κ2) is 10.5. The van der Waals surface area contributed by atoms with Gasteiger partial charge in [0.05, 0.1) is 25.5 Å². The molecule has 1 saturated heterocycles. The standard InChI is InChI=1S/C24H24F2N4O4/c25-19-13-18(14-20(26)15-19)22-4-5-23(31)30(27-22)16-17-2-1-3-21(12-17)29(24(32)33)7-6-28-8-10-34-11-9-28/h1-5,12-15H,6-11,16H2,(H,32,33). The van der Waals surface area contributed by atoms with E-state index in [-0.39, 0.29) is 24.3 Å². The van der Waals surface area contributed by atoms with Crippen molar-refractivity contribution in [1.82, 2.24) is 14.7 Å². The lowest BCUT2D eigenvalue weighted by Gasteiger charge is -2.29. The van der Waals surface area contributed by atoms with Gasteiger partial charge in [0.25, 0.3) is 5.56 Å². The van der Waals surface area contributed by atoms with Crippen LogP contribution in [0.5, 0.6) is 0 Å². The summed E-state index contributed by atoms with van der Waals surface area (Å²) in [6.45, 7) is 3.71. The molecule has 0 unspecified atom stereocenters. The Hall–Kier alpha value is -3.63. The molecule has 1 aliphatic rings. The fraction of sp³-hybridized carbons (Fsp3) is 0.292. The summed E-state index contributed by atoms with van der Waals surface area (Å²) in [5, 5.41) is 14.0. The van der Waals surface area contributed by atoms with E-state index in [4.69, 9.17) is 4.74 Å². The van der Waals surface area contributed by atoms with Gasteiger partial charge in [-0.05, 0) is 35.9 Å².